The number of halogens is 3. The Balaban J connectivity index is 2.67. The third-order valence-electron chi connectivity index (χ3n) is 2.40. The molecule has 1 rings (SSSR count). The fourth-order valence-electron chi connectivity index (χ4n) is 1.61. The number of sulfonamides is 1. The van der Waals surface area contributed by atoms with Crippen LogP contribution in [0.15, 0.2) is 24.3 Å². The summed E-state index contributed by atoms with van der Waals surface area (Å²) in [6.07, 6.45) is -4.40. The highest BCUT2D eigenvalue weighted by molar-refractivity contribution is 7.89. The first-order valence-corrected chi connectivity index (χ1v) is 7.41. The van der Waals surface area contributed by atoms with Gasteiger partial charge in [-0.2, -0.15) is 13.2 Å². The molecule has 0 aliphatic carbocycles. The normalized spacial score (nSPS) is 13.3. The van der Waals surface area contributed by atoms with Gasteiger partial charge in [-0.1, -0.05) is 13.8 Å². The minimum atomic E-state index is -4.40. The van der Waals surface area contributed by atoms with Gasteiger partial charge in [0.05, 0.1) is 17.9 Å². The fourth-order valence-corrected chi connectivity index (χ4v) is 2.78. The number of hydrogen-bond acceptors (Lipinski definition) is 3. The maximum absolute atomic E-state index is 12.4. The van der Waals surface area contributed by atoms with E-state index in [0.29, 0.717) is 0 Å². The largest absolute Gasteiger partial charge is 0.493 e. The number of rotatable bonds is 5. The molecular weight excluding hydrogens is 295 g/mol. The second-order valence-electron chi connectivity index (χ2n) is 5.28. The molecule has 0 fully saturated rings. The van der Waals surface area contributed by atoms with E-state index in [1.165, 1.54) is 12.1 Å². The highest BCUT2D eigenvalue weighted by Gasteiger charge is 2.30. The molecule has 0 amide bonds. The average molecular weight is 311 g/mol. The van der Waals surface area contributed by atoms with Crippen molar-refractivity contribution in [1.29, 1.82) is 0 Å². The van der Waals surface area contributed by atoms with Gasteiger partial charge < -0.3 is 4.74 Å². The second-order valence-corrected chi connectivity index (χ2v) is 6.90. The van der Waals surface area contributed by atoms with Crippen LogP contribution in [-0.4, -0.2) is 20.8 Å². The topological polar surface area (TPSA) is 69.4 Å². The highest BCUT2D eigenvalue weighted by atomic mass is 32.2. The molecule has 0 aromatic heterocycles. The SMILES string of the molecule is CC(C)(COc1ccc(C(F)(F)F)cc1)CS(N)(=O)=O. The van der Waals surface area contributed by atoms with Crippen LogP contribution < -0.4 is 9.88 Å². The van der Waals surface area contributed by atoms with Gasteiger partial charge in [-0.15, -0.1) is 0 Å². The minimum Gasteiger partial charge on any atom is -0.493 e. The molecule has 2 N–H and O–H groups in total. The summed E-state index contributed by atoms with van der Waals surface area (Å²) in [5.41, 5.74) is -1.51. The predicted molar refractivity (Wildman–Crippen MR) is 68.7 cm³/mol. The lowest BCUT2D eigenvalue weighted by atomic mass is 9.98. The van der Waals surface area contributed by atoms with Crippen molar-refractivity contribution in [2.75, 3.05) is 12.4 Å². The van der Waals surface area contributed by atoms with Crippen LogP contribution in [0.4, 0.5) is 13.2 Å². The summed E-state index contributed by atoms with van der Waals surface area (Å²) < 4.78 is 64.4. The van der Waals surface area contributed by atoms with Gasteiger partial charge in [0.2, 0.25) is 10.0 Å². The molecule has 0 aliphatic heterocycles. The first-order valence-electron chi connectivity index (χ1n) is 5.70. The third-order valence-corrected chi connectivity index (χ3v) is 3.59. The van der Waals surface area contributed by atoms with E-state index in [2.05, 4.69) is 0 Å². The minimum absolute atomic E-state index is 0.0226. The summed E-state index contributed by atoms with van der Waals surface area (Å²) in [5.74, 6) is -0.0406. The molecule has 0 spiro atoms. The summed E-state index contributed by atoms with van der Waals surface area (Å²) in [6, 6.07) is 4.19. The standard InChI is InChI=1S/C12H16F3NO3S/c1-11(2,8-20(16,17)18)7-19-10-5-3-9(4-6-10)12(13,14)15/h3-6H,7-8H2,1-2H3,(H2,16,17,18). The quantitative estimate of drug-likeness (QED) is 0.908. The van der Waals surface area contributed by atoms with Crippen LogP contribution in [0.5, 0.6) is 5.75 Å². The molecular formula is C12H16F3NO3S. The van der Waals surface area contributed by atoms with Crippen LogP contribution in [0.3, 0.4) is 0 Å². The summed E-state index contributed by atoms with van der Waals surface area (Å²) >= 11 is 0. The van der Waals surface area contributed by atoms with Gasteiger partial charge >= 0.3 is 6.18 Å². The van der Waals surface area contributed by atoms with Gasteiger partial charge in [0, 0.05) is 5.41 Å². The molecule has 0 atom stereocenters. The molecule has 20 heavy (non-hydrogen) atoms. The molecule has 4 nitrogen and oxygen atoms in total. The molecule has 0 aliphatic rings. The van der Waals surface area contributed by atoms with Crippen molar-refractivity contribution in [3.05, 3.63) is 29.8 Å². The average Bonchev–Trinajstić information content (AvgIpc) is 2.22. The molecule has 0 unspecified atom stereocenters. The zero-order chi connectivity index (χ0) is 15.6. The number of alkyl halides is 3. The predicted octanol–water partition coefficient (Wildman–Crippen LogP) is 2.40. The van der Waals surface area contributed by atoms with Gasteiger partial charge in [-0.25, -0.2) is 13.6 Å². The van der Waals surface area contributed by atoms with E-state index >= 15 is 0 Å². The highest BCUT2D eigenvalue weighted by Crippen LogP contribution is 2.30. The second kappa shape index (κ2) is 5.61. The van der Waals surface area contributed by atoms with Gasteiger partial charge in [0.1, 0.15) is 5.75 Å². The van der Waals surface area contributed by atoms with Crippen molar-refractivity contribution in [2.45, 2.75) is 20.0 Å². The summed E-state index contributed by atoms with van der Waals surface area (Å²) in [4.78, 5) is 0. The van der Waals surface area contributed by atoms with Crippen LogP contribution in [0, 0.1) is 5.41 Å². The Morgan fingerprint density at radius 3 is 2.05 bits per heavy atom. The Kier molecular flexibility index (Phi) is 4.70. The molecule has 0 saturated carbocycles. The van der Waals surface area contributed by atoms with Gasteiger partial charge in [0.15, 0.2) is 0 Å². The van der Waals surface area contributed by atoms with E-state index < -0.39 is 27.2 Å². The van der Waals surface area contributed by atoms with Crippen molar-refractivity contribution in [3.8, 4) is 5.75 Å². The maximum Gasteiger partial charge on any atom is 0.416 e. The van der Waals surface area contributed by atoms with E-state index in [0.717, 1.165) is 12.1 Å². The Labute approximate surface area is 115 Å². The lowest BCUT2D eigenvalue weighted by Crippen LogP contribution is -2.33. The molecule has 114 valence electrons. The van der Waals surface area contributed by atoms with Crippen LogP contribution >= 0.6 is 0 Å². The smallest absolute Gasteiger partial charge is 0.416 e. The molecule has 8 heteroatoms. The number of hydrogen-bond donors (Lipinski definition) is 1. The molecule has 1 aromatic carbocycles. The van der Waals surface area contributed by atoms with Gasteiger partial charge in [-0.3, -0.25) is 0 Å². The van der Waals surface area contributed by atoms with Crippen molar-refractivity contribution in [2.24, 2.45) is 10.6 Å². The van der Waals surface area contributed by atoms with Crippen molar-refractivity contribution < 1.29 is 26.3 Å². The first kappa shape index (κ1) is 16.8. The molecule has 0 heterocycles. The lowest BCUT2D eigenvalue weighted by Gasteiger charge is -2.23. The van der Waals surface area contributed by atoms with Gasteiger partial charge in [0.25, 0.3) is 0 Å². The van der Waals surface area contributed by atoms with Crippen molar-refractivity contribution in [1.82, 2.24) is 0 Å². The molecule has 0 radical (unpaired) electrons. The van der Waals surface area contributed by atoms with Crippen LogP contribution in [0.25, 0.3) is 0 Å². The van der Waals surface area contributed by atoms with Crippen molar-refractivity contribution >= 4 is 10.0 Å². The number of ether oxygens (including phenoxy) is 1. The van der Waals surface area contributed by atoms with E-state index in [9.17, 15) is 21.6 Å². The summed E-state index contributed by atoms with van der Waals surface area (Å²) in [6.45, 7) is 3.30. The number of benzene rings is 1. The lowest BCUT2D eigenvalue weighted by molar-refractivity contribution is -0.137. The Bertz CT molecular complexity index is 550. The van der Waals surface area contributed by atoms with Crippen LogP contribution in [-0.2, 0) is 16.2 Å². The molecule has 0 saturated heterocycles. The van der Waals surface area contributed by atoms with Crippen LogP contribution in [0.2, 0.25) is 0 Å². The zero-order valence-corrected chi connectivity index (χ0v) is 11.9. The fraction of sp³-hybridized carbons (Fsp3) is 0.500. The Hall–Kier alpha value is -1.28. The Morgan fingerprint density at radius 1 is 1.15 bits per heavy atom. The third kappa shape index (κ3) is 5.79. The van der Waals surface area contributed by atoms with E-state index in [1.807, 2.05) is 0 Å². The van der Waals surface area contributed by atoms with Crippen molar-refractivity contribution in [3.63, 3.8) is 0 Å². The number of primary sulfonamides is 1. The van der Waals surface area contributed by atoms with E-state index in [-0.39, 0.29) is 18.1 Å². The monoisotopic (exact) mass is 311 g/mol. The molecule has 0 bridgehead atoms. The first-order chi connectivity index (χ1) is 8.89. The van der Waals surface area contributed by atoms with E-state index in [4.69, 9.17) is 9.88 Å². The van der Waals surface area contributed by atoms with Gasteiger partial charge in [-0.05, 0) is 24.3 Å². The van der Waals surface area contributed by atoms with E-state index in [1.54, 1.807) is 13.8 Å². The van der Waals surface area contributed by atoms with Crippen LogP contribution in [0.1, 0.15) is 19.4 Å². The number of nitrogens with two attached hydrogens (primary N) is 1. The summed E-state index contributed by atoms with van der Waals surface area (Å²) in [5, 5.41) is 4.95. The zero-order valence-electron chi connectivity index (χ0n) is 11.1. The summed E-state index contributed by atoms with van der Waals surface area (Å²) in [7, 11) is -3.64. The molecule has 1 aromatic rings. The maximum atomic E-state index is 12.4. The Morgan fingerprint density at radius 2 is 1.65 bits per heavy atom.